The number of fused-ring (bicyclic) bond motifs is 3. The molecule has 0 spiro atoms. The summed E-state index contributed by atoms with van der Waals surface area (Å²) >= 11 is 0. The summed E-state index contributed by atoms with van der Waals surface area (Å²) in [4.78, 5) is 86.7. The quantitative estimate of drug-likeness (QED) is 0.0619. The summed E-state index contributed by atoms with van der Waals surface area (Å²) in [5.41, 5.74) is 25.9. The molecular formula is C75H87N11O8. The van der Waals surface area contributed by atoms with Gasteiger partial charge in [-0.3, -0.25) is 24.5 Å². The van der Waals surface area contributed by atoms with Gasteiger partial charge >= 0.3 is 18.2 Å². The van der Waals surface area contributed by atoms with Crippen LogP contribution in [0.5, 0.6) is 0 Å². The highest BCUT2D eigenvalue weighted by molar-refractivity contribution is 6.03. The number of hydrogen-bond donors (Lipinski definition) is 4. The number of hydrogen-bond acceptors (Lipinski definition) is 16. The van der Waals surface area contributed by atoms with Crippen LogP contribution >= 0.6 is 0 Å². The molecule has 94 heavy (non-hydrogen) atoms. The maximum absolute atomic E-state index is 13.0. The molecule has 2 amide bonds. The molecule has 3 saturated carbocycles. The number of ketones is 2. The van der Waals surface area contributed by atoms with Gasteiger partial charge in [-0.25, -0.2) is 14.4 Å². The third kappa shape index (κ3) is 15.3. The van der Waals surface area contributed by atoms with Gasteiger partial charge in [-0.1, -0.05) is 54.6 Å². The molecule has 0 atom stereocenters. The Bertz CT molecular complexity index is 4170. The second-order valence-corrected chi connectivity index (χ2v) is 27.8. The number of ether oxygens (including phenoxy) is 2. The Morgan fingerprint density at radius 2 is 0.798 bits per heavy atom. The number of nitrogen functional groups attached to an aromatic ring is 2. The zero-order chi connectivity index (χ0) is 66.0. The van der Waals surface area contributed by atoms with Gasteiger partial charge in [-0.2, -0.15) is 0 Å². The number of aromatic nitrogens is 3. The zero-order valence-corrected chi connectivity index (χ0v) is 55.0. The van der Waals surface area contributed by atoms with Crippen molar-refractivity contribution in [2.24, 2.45) is 0 Å². The summed E-state index contributed by atoms with van der Waals surface area (Å²) < 4.78 is 11.0. The van der Waals surface area contributed by atoms with Crippen LogP contribution in [0.2, 0.25) is 0 Å². The van der Waals surface area contributed by atoms with Gasteiger partial charge in [0.1, 0.15) is 11.2 Å². The van der Waals surface area contributed by atoms with E-state index in [4.69, 9.17) is 30.9 Å². The van der Waals surface area contributed by atoms with E-state index >= 15 is 0 Å². The number of nitrogens with zero attached hydrogens (tertiary/aromatic N) is 8. The summed E-state index contributed by atoms with van der Waals surface area (Å²) in [6, 6.07) is 33.3. The maximum atomic E-state index is 13.0. The van der Waals surface area contributed by atoms with E-state index in [1.807, 2.05) is 108 Å². The number of carbonyl (C=O) groups is 5. The maximum Gasteiger partial charge on any atom is 0.410 e. The molecule has 0 radical (unpaired) electrons. The molecule has 8 aromatic rings. The Balaban J connectivity index is 0.000000136. The predicted molar refractivity (Wildman–Crippen MR) is 371 cm³/mol. The van der Waals surface area contributed by atoms with Gasteiger partial charge in [0.25, 0.3) is 0 Å². The lowest BCUT2D eigenvalue weighted by Crippen LogP contribution is -2.50. The van der Waals surface area contributed by atoms with Crippen molar-refractivity contribution in [2.75, 3.05) is 105 Å². The van der Waals surface area contributed by atoms with Crippen LogP contribution in [0.25, 0.3) is 32.7 Å². The number of Topliss-reactive ketones (excluding diaryl/α,β-unsaturated/α-hetero) is 2. The fourth-order valence-corrected chi connectivity index (χ4v) is 13.0. The molecule has 3 saturated heterocycles. The van der Waals surface area contributed by atoms with Gasteiger partial charge in [0.05, 0.1) is 22.1 Å². The number of carbonyl (C=O) groups excluding carboxylic acids is 4. The molecule has 6 N–H and O–H groups in total. The number of benzene rings is 5. The van der Waals surface area contributed by atoms with Crippen LogP contribution in [-0.2, 0) is 22.3 Å². The van der Waals surface area contributed by atoms with E-state index in [-0.39, 0.29) is 35.7 Å². The average molecular weight is 1270 g/mol. The van der Waals surface area contributed by atoms with Crippen LogP contribution in [0.1, 0.15) is 157 Å². The third-order valence-corrected chi connectivity index (χ3v) is 18.3. The molecule has 0 unspecified atom stereocenters. The smallest absolute Gasteiger partial charge is 0.410 e. The first-order chi connectivity index (χ1) is 45.1. The van der Waals surface area contributed by atoms with Crippen molar-refractivity contribution in [3.63, 3.8) is 0 Å². The Labute approximate surface area is 549 Å². The molecule has 3 aliphatic carbocycles. The number of aromatic carboxylic acids is 1. The average Bonchev–Trinajstić information content (AvgIpc) is 1.78. The van der Waals surface area contributed by atoms with Crippen LogP contribution in [0, 0.1) is 0 Å². The van der Waals surface area contributed by atoms with E-state index in [0.717, 1.165) is 128 Å². The van der Waals surface area contributed by atoms with Crippen LogP contribution in [-0.4, -0.2) is 149 Å². The minimum Gasteiger partial charge on any atom is -0.478 e. The SMILES string of the molecule is CC(C)(C)OC(=O)N1CCN(c2ccc3cc(C(=O)Cc4ccccc4N)cnc3c2C2CC2)CC1.CC(C)(C)OC(=O)N1CCN(c2ccc3cc(C(=O)O)cnc3c2C2CC2)CC1.Nc1ccccc1CC(=O)c1cnc2c(C3CC3)c(N3CCNCC3)ccc2c1. The first-order valence-corrected chi connectivity index (χ1v) is 33.3. The Kier molecular flexibility index (Phi) is 18.8. The minimum absolute atomic E-state index is 0.0117. The lowest BCUT2D eigenvalue weighted by atomic mass is 9.98. The van der Waals surface area contributed by atoms with Crippen molar-refractivity contribution in [3.8, 4) is 0 Å². The normalized spacial score (nSPS) is 16.9. The fraction of sp³-hybridized carbons (Fsp3) is 0.413. The van der Waals surface area contributed by atoms with E-state index < -0.39 is 17.2 Å². The molecule has 490 valence electrons. The van der Waals surface area contributed by atoms with E-state index in [0.29, 0.717) is 72.9 Å². The zero-order valence-electron chi connectivity index (χ0n) is 55.0. The van der Waals surface area contributed by atoms with Crippen molar-refractivity contribution in [1.29, 1.82) is 0 Å². The monoisotopic (exact) mass is 1270 g/mol. The lowest BCUT2D eigenvalue weighted by molar-refractivity contribution is 0.0230. The molecule has 0 bridgehead atoms. The Hall–Kier alpha value is -9.36. The number of anilines is 5. The molecule has 6 heterocycles. The van der Waals surface area contributed by atoms with Gasteiger partial charge < -0.3 is 55.9 Å². The summed E-state index contributed by atoms with van der Waals surface area (Å²) in [7, 11) is 0. The third-order valence-electron chi connectivity index (χ3n) is 18.3. The Morgan fingerprint density at radius 1 is 0.468 bits per heavy atom. The second-order valence-electron chi connectivity index (χ2n) is 27.8. The number of carboxylic acids is 1. The van der Waals surface area contributed by atoms with Crippen molar-refractivity contribution in [2.45, 2.75) is 122 Å². The number of amides is 2. The number of piperazine rings is 3. The van der Waals surface area contributed by atoms with E-state index in [9.17, 15) is 29.1 Å². The topological polar surface area (TPSA) is 243 Å². The highest BCUT2D eigenvalue weighted by Gasteiger charge is 2.36. The van der Waals surface area contributed by atoms with E-state index in [1.165, 1.54) is 47.1 Å². The summed E-state index contributed by atoms with van der Waals surface area (Å²) in [5.74, 6) is 0.664. The summed E-state index contributed by atoms with van der Waals surface area (Å²) in [5, 5.41) is 15.6. The van der Waals surface area contributed by atoms with E-state index in [2.05, 4.69) is 55.3 Å². The summed E-state index contributed by atoms with van der Waals surface area (Å²) in [6.45, 7) is 20.8. The number of rotatable bonds is 13. The molecule has 14 rings (SSSR count). The van der Waals surface area contributed by atoms with Gasteiger partial charge in [-0.15, -0.1) is 0 Å². The van der Waals surface area contributed by atoms with E-state index in [1.54, 1.807) is 28.3 Å². The van der Waals surface area contributed by atoms with Crippen molar-refractivity contribution in [1.82, 2.24) is 30.1 Å². The number of para-hydroxylation sites is 2. The van der Waals surface area contributed by atoms with Crippen LogP contribution < -0.4 is 31.5 Å². The molecule has 19 heteroatoms. The molecule has 3 aliphatic heterocycles. The first kappa shape index (κ1) is 64.7. The molecule has 6 aliphatic rings. The minimum atomic E-state index is -0.963. The number of carboxylic acid groups (broad SMARTS) is 1. The summed E-state index contributed by atoms with van der Waals surface area (Å²) in [6.07, 6.45) is 12.0. The molecule has 5 aromatic carbocycles. The first-order valence-electron chi connectivity index (χ1n) is 33.3. The molecule has 19 nitrogen and oxygen atoms in total. The molecule has 3 aromatic heterocycles. The predicted octanol–water partition coefficient (Wildman–Crippen LogP) is 12.6. The highest BCUT2D eigenvalue weighted by Crippen LogP contribution is 2.50. The highest BCUT2D eigenvalue weighted by atomic mass is 16.6. The van der Waals surface area contributed by atoms with Crippen LogP contribution in [0.4, 0.5) is 38.0 Å². The second kappa shape index (κ2) is 27.3. The lowest BCUT2D eigenvalue weighted by Gasteiger charge is -2.37. The van der Waals surface area contributed by atoms with Gasteiger partial charge in [0.15, 0.2) is 11.6 Å². The Morgan fingerprint density at radius 3 is 1.13 bits per heavy atom. The standard InChI is InChI=1S/C29H34N4O3.C24H26N4O.C22H27N3O4/c1-29(2,3)36-28(35)33-14-12-32(13-15-33)24-11-10-21-16-22(18-31-27(21)26(24)19-8-9-19)25(34)17-20-6-4-5-7-23(20)30;25-20-4-2-1-3-17(20)14-22(29)19-13-18-7-8-21(28-11-9-26-10-12-28)23(16-5-6-16)24(18)27-15-19;1-22(2,3)29-21(28)25-10-8-24(9-11-25)17-7-6-15-12-16(20(26)27)13-23-19(15)18(17)14-4-5-14/h4-7,10-11,16,18-19H,8-9,12-15,17,30H2,1-3H3;1-4,7-8,13,15-16,26H,5-6,9-12,14,25H2;6-7,12-14H,4-5,8-11H2,1-3H3,(H,26,27). The van der Waals surface area contributed by atoms with Crippen LogP contribution in [0.15, 0.2) is 122 Å². The van der Waals surface area contributed by atoms with Gasteiger partial charge in [0.2, 0.25) is 0 Å². The van der Waals surface area contributed by atoms with Gasteiger partial charge in [0, 0.05) is 182 Å². The molecular weight excluding hydrogens is 1180 g/mol. The van der Waals surface area contributed by atoms with Crippen molar-refractivity contribution < 1.29 is 38.6 Å². The molecule has 6 fully saturated rings. The number of nitrogens with two attached hydrogens (primary N) is 2. The van der Waals surface area contributed by atoms with Crippen molar-refractivity contribution in [3.05, 3.63) is 166 Å². The fourth-order valence-electron chi connectivity index (χ4n) is 13.0. The number of nitrogens with one attached hydrogen (secondary N) is 1. The van der Waals surface area contributed by atoms with Gasteiger partial charge in [-0.05, 0) is 157 Å². The largest absolute Gasteiger partial charge is 0.478 e. The number of pyridine rings is 3. The van der Waals surface area contributed by atoms with Crippen molar-refractivity contribution >= 4 is 90.9 Å². The van der Waals surface area contributed by atoms with Crippen LogP contribution in [0.3, 0.4) is 0 Å².